The van der Waals surface area contributed by atoms with Gasteiger partial charge in [-0.05, 0) is 72.7 Å². The lowest BCUT2D eigenvalue weighted by atomic mass is 10.0. The van der Waals surface area contributed by atoms with E-state index < -0.39 is 30.4 Å². The first-order valence-electron chi connectivity index (χ1n) is 10.4. The number of benzene rings is 2. The van der Waals surface area contributed by atoms with Crippen LogP contribution in [0.15, 0.2) is 42.5 Å². The topological polar surface area (TPSA) is 93.7 Å². The van der Waals surface area contributed by atoms with E-state index in [1.807, 2.05) is 18.2 Å². The fourth-order valence-electron chi connectivity index (χ4n) is 3.54. The molecule has 0 spiro atoms. The van der Waals surface area contributed by atoms with Gasteiger partial charge in [-0.2, -0.15) is 0 Å². The van der Waals surface area contributed by atoms with Gasteiger partial charge in [0.25, 0.3) is 11.8 Å². The molecule has 2 aromatic carbocycles. The van der Waals surface area contributed by atoms with Crippen LogP contribution in [0.25, 0.3) is 0 Å². The molecule has 2 N–H and O–H groups in total. The Hall–Kier alpha value is -3.35. The number of fused-ring (bicyclic) bond motifs is 1. The molecule has 1 atom stereocenters. The van der Waals surface area contributed by atoms with Crippen LogP contribution in [0.2, 0.25) is 0 Å². The third-order valence-corrected chi connectivity index (χ3v) is 5.29. The largest absolute Gasteiger partial charge is 0.497 e. The molecule has 1 aliphatic rings. The van der Waals surface area contributed by atoms with E-state index >= 15 is 0 Å². The average Bonchev–Trinajstić information content (AvgIpc) is 3.23. The van der Waals surface area contributed by atoms with E-state index in [2.05, 4.69) is 10.6 Å². The van der Waals surface area contributed by atoms with Gasteiger partial charge in [-0.3, -0.25) is 9.59 Å². The highest BCUT2D eigenvalue weighted by Gasteiger charge is 2.27. The molecule has 1 unspecified atom stereocenters. The van der Waals surface area contributed by atoms with Gasteiger partial charge in [-0.15, -0.1) is 0 Å². The molecule has 1 aliphatic carbocycles. The third-order valence-electron chi connectivity index (χ3n) is 5.29. The van der Waals surface area contributed by atoms with Crippen LogP contribution in [0, 0.1) is 5.92 Å². The zero-order chi connectivity index (χ0) is 22.4. The lowest BCUT2D eigenvalue weighted by Gasteiger charge is -2.21. The number of esters is 1. The van der Waals surface area contributed by atoms with Crippen LogP contribution in [0.3, 0.4) is 0 Å². The quantitative estimate of drug-likeness (QED) is 0.635. The fourth-order valence-corrected chi connectivity index (χ4v) is 3.54. The molecule has 0 heterocycles. The molecule has 7 nitrogen and oxygen atoms in total. The second-order valence-electron chi connectivity index (χ2n) is 7.92. The van der Waals surface area contributed by atoms with Crippen LogP contribution in [-0.2, 0) is 27.2 Å². The van der Waals surface area contributed by atoms with E-state index in [4.69, 9.17) is 9.47 Å². The lowest BCUT2D eigenvalue weighted by molar-refractivity contribution is -0.150. The Morgan fingerprint density at radius 2 is 1.71 bits per heavy atom. The summed E-state index contributed by atoms with van der Waals surface area (Å²) in [6.45, 7) is 3.17. The Morgan fingerprint density at radius 3 is 2.39 bits per heavy atom. The highest BCUT2D eigenvalue weighted by Crippen LogP contribution is 2.24. The number of aryl methyl sites for hydroxylation is 2. The van der Waals surface area contributed by atoms with E-state index in [9.17, 15) is 14.4 Å². The molecule has 0 aliphatic heterocycles. The number of ether oxygens (including phenoxy) is 2. The summed E-state index contributed by atoms with van der Waals surface area (Å²) >= 11 is 0. The predicted octanol–water partition coefficient (Wildman–Crippen LogP) is 3.12. The third kappa shape index (κ3) is 5.84. The van der Waals surface area contributed by atoms with Crippen molar-refractivity contribution in [2.75, 3.05) is 19.0 Å². The van der Waals surface area contributed by atoms with Crippen LogP contribution >= 0.6 is 0 Å². The van der Waals surface area contributed by atoms with Crippen molar-refractivity contribution in [1.82, 2.24) is 5.32 Å². The minimum Gasteiger partial charge on any atom is -0.497 e. The smallest absolute Gasteiger partial charge is 0.329 e. The minimum absolute atomic E-state index is 0.213. The van der Waals surface area contributed by atoms with Crippen molar-refractivity contribution >= 4 is 23.5 Å². The lowest BCUT2D eigenvalue weighted by Crippen LogP contribution is -2.45. The number of hydrogen-bond acceptors (Lipinski definition) is 5. The first kappa shape index (κ1) is 22.3. The molecule has 7 heteroatoms. The van der Waals surface area contributed by atoms with Gasteiger partial charge in [0.2, 0.25) is 0 Å². The molecular weight excluding hydrogens is 396 g/mol. The molecule has 31 heavy (non-hydrogen) atoms. The molecular formula is C24H28N2O5. The van der Waals surface area contributed by atoms with Crippen molar-refractivity contribution in [2.45, 2.75) is 39.2 Å². The molecule has 164 valence electrons. The van der Waals surface area contributed by atoms with Gasteiger partial charge in [-0.1, -0.05) is 19.9 Å². The van der Waals surface area contributed by atoms with Gasteiger partial charge in [0.05, 0.1) is 7.11 Å². The van der Waals surface area contributed by atoms with Crippen LogP contribution in [0.1, 0.15) is 41.8 Å². The number of nitrogens with one attached hydrogen (secondary N) is 2. The highest BCUT2D eigenvalue weighted by molar-refractivity contribution is 5.97. The van der Waals surface area contributed by atoms with E-state index in [0.29, 0.717) is 17.0 Å². The minimum atomic E-state index is -0.873. The van der Waals surface area contributed by atoms with Crippen LogP contribution in [-0.4, -0.2) is 37.5 Å². The fraction of sp³-hybridized carbons (Fsp3) is 0.375. The predicted molar refractivity (Wildman–Crippen MR) is 117 cm³/mol. The zero-order valence-electron chi connectivity index (χ0n) is 18.1. The maximum Gasteiger partial charge on any atom is 0.329 e. The normalized spacial score (nSPS) is 13.3. The summed E-state index contributed by atoms with van der Waals surface area (Å²) < 4.78 is 10.3. The molecule has 2 amide bonds. The summed E-state index contributed by atoms with van der Waals surface area (Å²) in [5.41, 5.74) is 3.65. The van der Waals surface area contributed by atoms with E-state index in [1.54, 1.807) is 45.2 Å². The summed E-state index contributed by atoms with van der Waals surface area (Å²) in [6.07, 6.45) is 3.21. The molecule has 3 rings (SSSR count). The Kier molecular flexibility index (Phi) is 7.28. The number of rotatable bonds is 8. The van der Waals surface area contributed by atoms with Gasteiger partial charge in [0.15, 0.2) is 6.61 Å². The Bertz CT molecular complexity index is 953. The first-order chi connectivity index (χ1) is 14.9. The molecule has 0 fully saturated rings. The maximum atomic E-state index is 12.5. The molecule has 0 saturated heterocycles. The summed E-state index contributed by atoms with van der Waals surface area (Å²) in [5, 5.41) is 5.44. The van der Waals surface area contributed by atoms with Crippen molar-refractivity contribution in [3.05, 3.63) is 59.2 Å². The monoisotopic (exact) mass is 424 g/mol. The number of carbonyl (C=O) groups is 3. The van der Waals surface area contributed by atoms with Gasteiger partial charge in [0, 0.05) is 11.3 Å². The Labute approximate surface area is 182 Å². The molecule has 0 bridgehead atoms. The summed E-state index contributed by atoms with van der Waals surface area (Å²) in [5.74, 6) is -1.06. The highest BCUT2D eigenvalue weighted by atomic mass is 16.5. The van der Waals surface area contributed by atoms with Crippen molar-refractivity contribution in [1.29, 1.82) is 0 Å². The molecule has 2 aromatic rings. The number of anilines is 1. The molecule has 0 saturated carbocycles. The van der Waals surface area contributed by atoms with Crippen molar-refractivity contribution in [3.63, 3.8) is 0 Å². The second-order valence-corrected chi connectivity index (χ2v) is 7.92. The van der Waals surface area contributed by atoms with Gasteiger partial charge in [0.1, 0.15) is 11.8 Å². The SMILES string of the molecule is COc1ccc(C(=O)NC(C(=O)OCC(=O)Nc2ccc3c(c2)CCC3)C(C)C)cc1. The Balaban J connectivity index is 1.53. The van der Waals surface area contributed by atoms with Gasteiger partial charge in [-0.25, -0.2) is 4.79 Å². The number of methoxy groups -OCH3 is 1. The molecule has 0 aromatic heterocycles. The standard InChI is InChI=1S/C24H28N2O5/c1-15(2)22(26-23(28)17-8-11-20(30-3)12-9-17)24(29)31-14-21(27)25-19-10-7-16-5-4-6-18(16)13-19/h7-13,15,22H,4-6,14H2,1-3H3,(H,25,27)(H,26,28). The summed E-state index contributed by atoms with van der Waals surface area (Å²) in [4.78, 5) is 37.2. The number of carbonyl (C=O) groups excluding carboxylic acids is 3. The summed E-state index contributed by atoms with van der Waals surface area (Å²) in [7, 11) is 1.54. The van der Waals surface area contributed by atoms with E-state index in [-0.39, 0.29) is 5.92 Å². The van der Waals surface area contributed by atoms with Crippen molar-refractivity contribution in [3.8, 4) is 5.75 Å². The van der Waals surface area contributed by atoms with Crippen LogP contribution in [0.4, 0.5) is 5.69 Å². The zero-order valence-corrected chi connectivity index (χ0v) is 18.1. The van der Waals surface area contributed by atoms with Gasteiger partial charge >= 0.3 is 5.97 Å². The van der Waals surface area contributed by atoms with Gasteiger partial charge < -0.3 is 20.1 Å². The second kappa shape index (κ2) is 10.1. The van der Waals surface area contributed by atoms with E-state index in [1.165, 1.54) is 11.1 Å². The average molecular weight is 424 g/mol. The molecule has 0 radical (unpaired) electrons. The van der Waals surface area contributed by atoms with E-state index in [0.717, 1.165) is 19.3 Å². The van der Waals surface area contributed by atoms with Crippen LogP contribution in [0.5, 0.6) is 5.75 Å². The Morgan fingerprint density at radius 1 is 1.00 bits per heavy atom. The number of amides is 2. The number of hydrogen-bond donors (Lipinski definition) is 2. The van der Waals surface area contributed by atoms with Crippen molar-refractivity contribution in [2.24, 2.45) is 5.92 Å². The van der Waals surface area contributed by atoms with Crippen molar-refractivity contribution < 1.29 is 23.9 Å². The summed E-state index contributed by atoms with van der Waals surface area (Å²) in [6, 6.07) is 11.5. The van der Waals surface area contributed by atoms with Crippen LogP contribution < -0.4 is 15.4 Å². The first-order valence-corrected chi connectivity index (χ1v) is 10.4. The maximum absolute atomic E-state index is 12.5.